The summed E-state index contributed by atoms with van der Waals surface area (Å²) in [4.78, 5) is 14.5. The molecule has 1 fully saturated rings. The first kappa shape index (κ1) is 14.1. The zero-order valence-electron chi connectivity index (χ0n) is 12.1. The van der Waals surface area contributed by atoms with E-state index in [1.54, 1.807) is 4.68 Å². The number of carbonyl (C=O) groups is 1. The molecule has 2 rings (SSSR count). The number of nitrogens with zero attached hydrogens (tertiary/aromatic N) is 3. The minimum Gasteiger partial charge on any atom is -0.339 e. The van der Waals surface area contributed by atoms with Crippen molar-refractivity contribution in [3.8, 4) is 0 Å². The second kappa shape index (κ2) is 5.33. The normalized spacial score (nSPS) is 18.6. The average molecular weight is 264 g/mol. The van der Waals surface area contributed by atoms with Crippen LogP contribution in [-0.4, -0.2) is 40.2 Å². The molecule has 1 saturated heterocycles. The monoisotopic (exact) mass is 264 g/mol. The molecule has 0 saturated carbocycles. The van der Waals surface area contributed by atoms with E-state index < -0.39 is 0 Å². The van der Waals surface area contributed by atoms with Crippen molar-refractivity contribution in [1.29, 1.82) is 0 Å². The zero-order chi connectivity index (χ0) is 14.0. The lowest BCUT2D eigenvalue weighted by atomic mass is 9.80. The molecule has 0 spiro atoms. The molecule has 106 valence electrons. The van der Waals surface area contributed by atoms with Gasteiger partial charge in [0.1, 0.15) is 0 Å². The predicted octanol–water partition coefficient (Wildman–Crippen LogP) is 1.18. The molecule has 0 unspecified atom stereocenters. The number of rotatable bonds is 3. The maximum atomic E-state index is 12.5. The van der Waals surface area contributed by atoms with E-state index in [-0.39, 0.29) is 11.3 Å². The Morgan fingerprint density at radius 1 is 1.47 bits per heavy atom. The van der Waals surface area contributed by atoms with E-state index >= 15 is 0 Å². The highest BCUT2D eigenvalue weighted by molar-refractivity contribution is 5.95. The largest absolute Gasteiger partial charge is 0.339 e. The van der Waals surface area contributed by atoms with Crippen LogP contribution in [0.4, 0.5) is 0 Å². The first-order valence-corrected chi connectivity index (χ1v) is 7.01. The highest BCUT2D eigenvalue weighted by Gasteiger charge is 2.31. The summed E-state index contributed by atoms with van der Waals surface area (Å²) in [6.45, 7) is 6.52. The van der Waals surface area contributed by atoms with Gasteiger partial charge in [0.05, 0.1) is 11.3 Å². The Bertz CT molecular complexity index is 458. The van der Waals surface area contributed by atoms with Crippen molar-refractivity contribution in [2.75, 3.05) is 19.6 Å². The van der Waals surface area contributed by atoms with Crippen LogP contribution in [0.25, 0.3) is 0 Å². The number of piperidine rings is 1. The summed E-state index contributed by atoms with van der Waals surface area (Å²) in [6, 6.07) is 0. The van der Waals surface area contributed by atoms with Crippen LogP contribution in [0.2, 0.25) is 0 Å². The van der Waals surface area contributed by atoms with Crippen molar-refractivity contribution in [1.82, 2.24) is 14.7 Å². The molecule has 0 atom stereocenters. The van der Waals surface area contributed by atoms with Crippen LogP contribution >= 0.6 is 0 Å². The van der Waals surface area contributed by atoms with Gasteiger partial charge in [-0.1, -0.05) is 13.8 Å². The van der Waals surface area contributed by atoms with E-state index in [4.69, 9.17) is 5.73 Å². The van der Waals surface area contributed by atoms with Gasteiger partial charge in [0, 0.05) is 26.3 Å². The fourth-order valence-electron chi connectivity index (χ4n) is 2.60. The van der Waals surface area contributed by atoms with E-state index in [2.05, 4.69) is 12.0 Å². The Morgan fingerprint density at radius 2 is 2.11 bits per heavy atom. The molecule has 5 nitrogen and oxygen atoms in total. The Morgan fingerprint density at radius 3 is 2.63 bits per heavy atom. The summed E-state index contributed by atoms with van der Waals surface area (Å²) in [5.41, 5.74) is 7.64. The third kappa shape index (κ3) is 2.81. The second-order valence-corrected chi connectivity index (χ2v) is 5.82. The van der Waals surface area contributed by atoms with Crippen LogP contribution in [0.5, 0.6) is 0 Å². The summed E-state index contributed by atoms with van der Waals surface area (Å²) >= 11 is 0. The Kier molecular flexibility index (Phi) is 3.94. The number of hydrogen-bond acceptors (Lipinski definition) is 3. The van der Waals surface area contributed by atoms with Crippen LogP contribution in [0, 0.1) is 5.41 Å². The van der Waals surface area contributed by atoms with Gasteiger partial charge in [0.2, 0.25) is 0 Å². The number of aryl methyl sites for hydroxylation is 2. The summed E-state index contributed by atoms with van der Waals surface area (Å²) in [7, 11) is 1.86. The summed E-state index contributed by atoms with van der Waals surface area (Å²) < 4.78 is 1.72. The van der Waals surface area contributed by atoms with Gasteiger partial charge in [-0.2, -0.15) is 5.10 Å². The summed E-state index contributed by atoms with van der Waals surface area (Å²) in [5.74, 6) is 0.115. The van der Waals surface area contributed by atoms with E-state index in [0.717, 1.165) is 43.6 Å². The molecular weight excluding hydrogens is 240 g/mol. The van der Waals surface area contributed by atoms with Crippen molar-refractivity contribution in [3.05, 3.63) is 17.5 Å². The standard InChI is InChI=1S/C14H24N4O/c1-4-12-11(9-17(3)16-12)13(19)18-7-5-14(2,10-15)6-8-18/h9H,4-8,10,15H2,1-3H3. The Balaban J connectivity index is 2.09. The van der Waals surface area contributed by atoms with Crippen molar-refractivity contribution < 1.29 is 4.79 Å². The third-order valence-corrected chi connectivity index (χ3v) is 4.22. The SMILES string of the molecule is CCc1nn(C)cc1C(=O)N1CCC(C)(CN)CC1. The average Bonchev–Trinajstić information content (AvgIpc) is 2.80. The zero-order valence-corrected chi connectivity index (χ0v) is 12.1. The number of aromatic nitrogens is 2. The van der Waals surface area contributed by atoms with E-state index in [0.29, 0.717) is 6.54 Å². The molecule has 0 aliphatic carbocycles. The first-order chi connectivity index (χ1) is 8.99. The van der Waals surface area contributed by atoms with E-state index in [9.17, 15) is 4.79 Å². The fourth-order valence-corrected chi connectivity index (χ4v) is 2.60. The maximum absolute atomic E-state index is 12.5. The predicted molar refractivity (Wildman–Crippen MR) is 74.9 cm³/mol. The number of likely N-dealkylation sites (tertiary alicyclic amines) is 1. The van der Waals surface area contributed by atoms with Gasteiger partial charge >= 0.3 is 0 Å². The molecule has 19 heavy (non-hydrogen) atoms. The summed E-state index contributed by atoms with van der Waals surface area (Å²) in [6.07, 6.45) is 4.59. The van der Waals surface area contributed by atoms with Crippen LogP contribution in [0.15, 0.2) is 6.20 Å². The van der Waals surface area contributed by atoms with Crippen molar-refractivity contribution in [2.24, 2.45) is 18.2 Å². The molecule has 2 N–H and O–H groups in total. The Labute approximate surface area is 114 Å². The van der Waals surface area contributed by atoms with Gasteiger partial charge in [-0.3, -0.25) is 9.48 Å². The molecule has 1 aliphatic heterocycles. The molecule has 1 aliphatic rings. The fraction of sp³-hybridized carbons (Fsp3) is 0.714. The van der Waals surface area contributed by atoms with E-state index in [1.807, 2.05) is 25.1 Å². The molecule has 1 amide bonds. The quantitative estimate of drug-likeness (QED) is 0.891. The molecule has 0 bridgehead atoms. The van der Waals surface area contributed by atoms with Crippen molar-refractivity contribution >= 4 is 5.91 Å². The lowest BCUT2D eigenvalue weighted by Gasteiger charge is -2.38. The number of carbonyl (C=O) groups excluding carboxylic acids is 1. The maximum Gasteiger partial charge on any atom is 0.257 e. The number of nitrogens with two attached hydrogens (primary N) is 1. The molecule has 5 heteroatoms. The molecule has 1 aromatic rings. The van der Waals surface area contributed by atoms with Gasteiger partial charge in [-0.25, -0.2) is 0 Å². The minimum atomic E-state index is 0.115. The van der Waals surface area contributed by atoms with Gasteiger partial charge in [0.25, 0.3) is 5.91 Å². The Hall–Kier alpha value is -1.36. The molecular formula is C14H24N4O. The molecule has 0 radical (unpaired) electrons. The van der Waals surface area contributed by atoms with Crippen molar-refractivity contribution in [3.63, 3.8) is 0 Å². The number of hydrogen-bond donors (Lipinski definition) is 1. The van der Waals surface area contributed by atoms with Gasteiger partial charge in [0.15, 0.2) is 0 Å². The lowest BCUT2D eigenvalue weighted by molar-refractivity contribution is 0.0616. The van der Waals surface area contributed by atoms with Gasteiger partial charge in [-0.05, 0) is 31.2 Å². The topological polar surface area (TPSA) is 64.2 Å². The third-order valence-electron chi connectivity index (χ3n) is 4.22. The van der Waals surface area contributed by atoms with Crippen LogP contribution < -0.4 is 5.73 Å². The smallest absolute Gasteiger partial charge is 0.257 e. The highest BCUT2D eigenvalue weighted by atomic mass is 16.2. The molecule has 2 heterocycles. The number of amides is 1. The molecule has 0 aromatic carbocycles. The van der Waals surface area contributed by atoms with Crippen molar-refractivity contribution in [2.45, 2.75) is 33.1 Å². The lowest BCUT2D eigenvalue weighted by Crippen LogP contribution is -2.44. The minimum absolute atomic E-state index is 0.115. The van der Waals surface area contributed by atoms with Crippen LogP contribution in [0.3, 0.4) is 0 Å². The van der Waals surface area contributed by atoms with E-state index in [1.165, 1.54) is 0 Å². The first-order valence-electron chi connectivity index (χ1n) is 7.01. The highest BCUT2D eigenvalue weighted by Crippen LogP contribution is 2.30. The van der Waals surface area contributed by atoms with Gasteiger partial charge < -0.3 is 10.6 Å². The van der Waals surface area contributed by atoms with Gasteiger partial charge in [-0.15, -0.1) is 0 Å². The summed E-state index contributed by atoms with van der Waals surface area (Å²) in [5, 5.41) is 4.34. The van der Waals surface area contributed by atoms with Crippen LogP contribution in [0.1, 0.15) is 42.7 Å². The molecule has 1 aromatic heterocycles. The second-order valence-electron chi connectivity index (χ2n) is 5.82. The van der Waals surface area contributed by atoms with Crippen LogP contribution in [-0.2, 0) is 13.5 Å².